The van der Waals surface area contributed by atoms with Crippen LogP contribution in [0.2, 0.25) is 0 Å². The summed E-state index contributed by atoms with van der Waals surface area (Å²) in [5.41, 5.74) is 5.51. The second kappa shape index (κ2) is 8.68. The van der Waals surface area contributed by atoms with E-state index in [2.05, 4.69) is 45.6 Å². The third kappa shape index (κ3) is 4.57. The van der Waals surface area contributed by atoms with Crippen molar-refractivity contribution in [3.8, 4) is 5.75 Å². The average Bonchev–Trinajstić information content (AvgIpc) is 3.21. The highest BCUT2D eigenvalue weighted by Gasteiger charge is 2.17. The smallest absolute Gasteiger partial charge is 0.123 e. The van der Waals surface area contributed by atoms with Crippen LogP contribution in [0.5, 0.6) is 5.75 Å². The van der Waals surface area contributed by atoms with E-state index in [0.29, 0.717) is 0 Å². The highest BCUT2D eigenvalue weighted by molar-refractivity contribution is 7.09. The average molecular weight is 379 g/mol. The van der Waals surface area contributed by atoms with Crippen LogP contribution in [0.15, 0.2) is 54.2 Å². The van der Waals surface area contributed by atoms with Gasteiger partial charge in [-0.05, 0) is 66.0 Å². The Morgan fingerprint density at radius 3 is 2.59 bits per heavy atom. The molecular weight excluding hydrogens is 352 g/mol. The summed E-state index contributed by atoms with van der Waals surface area (Å²) in [5, 5.41) is 2.15. The summed E-state index contributed by atoms with van der Waals surface area (Å²) in [7, 11) is 1.79. The molecule has 27 heavy (non-hydrogen) atoms. The van der Waals surface area contributed by atoms with Gasteiger partial charge in [0.2, 0.25) is 0 Å². The van der Waals surface area contributed by atoms with Crippen LogP contribution < -0.4 is 4.74 Å². The number of aromatic nitrogens is 1. The molecule has 3 nitrogen and oxygen atoms in total. The van der Waals surface area contributed by atoms with E-state index in [1.807, 2.05) is 29.8 Å². The zero-order valence-corrected chi connectivity index (χ0v) is 16.7. The number of nitrogens with zero attached hydrogens (tertiary/aromatic N) is 2. The third-order valence-electron chi connectivity index (χ3n) is 5.23. The molecule has 0 radical (unpaired) electrons. The molecule has 0 bridgehead atoms. The van der Waals surface area contributed by atoms with Crippen LogP contribution in [-0.4, -0.2) is 17.0 Å². The Kier molecular flexibility index (Phi) is 5.85. The molecule has 0 saturated heterocycles. The van der Waals surface area contributed by atoms with Crippen molar-refractivity contribution in [2.45, 2.75) is 45.3 Å². The Bertz CT molecular complexity index is 862. The number of hydrogen-bond acceptors (Lipinski definition) is 4. The third-order valence-corrected chi connectivity index (χ3v) is 6.09. The lowest BCUT2D eigenvalue weighted by Gasteiger charge is -2.25. The number of ether oxygens (including phenoxy) is 1. The number of pyridine rings is 1. The lowest BCUT2D eigenvalue weighted by atomic mass is 9.90. The van der Waals surface area contributed by atoms with Crippen molar-refractivity contribution in [3.05, 3.63) is 81.3 Å². The van der Waals surface area contributed by atoms with Crippen molar-refractivity contribution in [2.24, 2.45) is 0 Å². The summed E-state index contributed by atoms with van der Waals surface area (Å²) in [5.74, 6) is 1.03. The van der Waals surface area contributed by atoms with E-state index >= 15 is 0 Å². The maximum absolute atomic E-state index is 5.76. The lowest BCUT2D eigenvalue weighted by Crippen LogP contribution is -2.22. The second-order valence-corrected chi connectivity index (χ2v) is 8.26. The van der Waals surface area contributed by atoms with E-state index in [1.54, 1.807) is 7.11 Å². The number of rotatable bonds is 7. The van der Waals surface area contributed by atoms with Gasteiger partial charge in [0.1, 0.15) is 5.75 Å². The molecule has 0 spiro atoms. The molecule has 0 saturated carbocycles. The minimum Gasteiger partial charge on any atom is -0.496 e. The van der Waals surface area contributed by atoms with Crippen LogP contribution in [0.3, 0.4) is 0 Å². The minimum absolute atomic E-state index is 0.878. The Morgan fingerprint density at radius 1 is 1.04 bits per heavy atom. The fraction of sp³-hybridized carbons (Fsp3) is 0.348. The number of fused-ring (bicyclic) bond motifs is 1. The van der Waals surface area contributed by atoms with Crippen molar-refractivity contribution >= 4 is 11.3 Å². The fourth-order valence-corrected chi connectivity index (χ4v) is 4.66. The van der Waals surface area contributed by atoms with Gasteiger partial charge in [-0.25, -0.2) is 0 Å². The van der Waals surface area contributed by atoms with Crippen LogP contribution in [0.4, 0.5) is 0 Å². The molecule has 0 fully saturated rings. The molecule has 2 aromatic heterocycles. The van der Waals surface area contributed by atoms with Gasteiger partial charge in [-0.1, -0.05) is 18.2 Å². The molecule has 4 rings (SSSR count). The first kappa shape index (κ1) is 18.2. The zero-order valence-electron chi connectivity index (χ0n) is 15.9. The first-order valence-electron chi connectivity index (χ1n) is 9.64. The van der Waals surface area contributed by atoms with Gasteiger partial charge in [0.15, 0.2) is 0 Å². The quantitative estimate of drug-likeness (QED) is 0.563. The van der Waals surface area contributed by atoms with Gasteiger partial charge in [-0.3, -0.25) is 9.88 Å². The van der Waals surface area contributed by atoms with E-state index in [9.17, 15) is 0 Å². The lowest BCUT2D eigenvalue weighted by molar-refractivity contribution is 0.245. The van der Waals surface area contributed by atoms with Gasteiger partial charge in [0, 0.05) is 42.5 Å². The normalized spacial score (nSPS) is 13.6. The van der Waals surface area contributed by atoms with Crippen LogP contribution >= 0.6 is 11.3 Å². The van der Waals surface area contributed by atoms with E-state index in [-0.39, 0.29) is 0 Å². The maximum atomic E-state index is 5.76. The number of thiophene rings is 1. The highest BCUT2D eigenvalue weighted by Crippen LogP contribution is 2.30. The molecule has 0 aliphatic heterocycles. The molecule has 140 valence electrons. The maximum Gasteiger partial charge on any atom is 0.123 e. The van der Waals surface area contributed by atoms with Gasteiger partial charge in [0.25, 0.3) is 0 Å². The molecule has 2 heterocycles. The van der Waals surface area contributed by atoms with Crippen molar-refractivity contribution in [1.82, 2.24) is 9.88 Å². The SMILES string of the molecule is COc1cc2c(cc1CN(Cc1cccnc1)Cc1cccs1)CCCC2. The molecule has 3 aromatic rings. The number of methoxy groups -OCH3 is 1. The standard InChI is InChI=1S/C23H26N2OS/c1-26-23-13-20-8-3-2-7-19(20)12-21(23)16-25(17-22-9-5-11-27-22)15-18-6-4-10-24-14-18/h4-6,9-14H,2-3,7-8,15-17H2,1H3. The van der Waals surface area contributed by atoms with E-state index in [0.717, 1.165) is 25.4 Å². The molecule has 0 atom stereocenters. The monoisotopic (exact) mass is 378 g/mol. The molecule has 0 amide bonds. The molecule has 0 unspecified atom stereocenters. The summed E-state index contributed by atoms with van der Waals surface area (Å²) in [6.07, 6.45) is 8.76. The molecular formula is C23H26N2OS. The van der Waals surface area contributed by atoms with Gasteiger partial charge < -0.3 is 4.74 Å². The Morgan fingerprint density at radius 2 is 1.89 bits per heavy atom. The van der Waals surface area contributed by atoms with E-state index < -0.39 is 0 Å². The van der Waals surface area contributed by atoms with Crippen molar-refractivity contribution in [1.29, 1.82) is 0 Å². The fourth-order valence-electron chi connectivity index (χ4n) is 3.91. The summed E-state index contributed by atoms with van der Waals surface area (Å²) in [6, 6.07) is 13.2. The molecule has 0 N–H and O–H groups in total. The molecule has 1 aliphatic carbocycles. The van der Waals surface area contributed by atoms with Crippen LogP contribution in [0, 0.1) is 0 Å². The topological polar surface area (TPSA) is 25.4 Å². The molecule has 1 aromatic carbocycles. The van der Waals surface area contributed by atoms with Gasteiger partial charge in [-0.2, -0.15) is 0 Å². The Balaban J connectivity index is 1.60. The minimum atomic E-state index is 0.878. The van der Waals surface area contributed by atoms with E-state index in [1.165, 1.54) is 52.8 Å². The summed E-state index contributed by atoms with van der Waals surface area (Å²) in [6.45, 7) is 2.70. The Labute approximate surface area is 165 Å². The zero-order chi connectivity index (χ0) is 18.5. The van der Waals surface area contributed by atoms with Gasteiger partial charge in [0.05, 0.1) is 7.11 Å². The predicted octanol–water partition coefficient (Wildman–Crippen LogP) is 5.23. The first-order chi connectivity index (χ1) is 13.3. The summed E-state index contributed by atoms with van der Waals surface area (Å²) in [4.78, 5) is 8.15. The largest absolute Gasteiger partial charge is 0.496 e. The molecule has 4 heteroatoms. The molecule has 1 aliphatic rings. The highest BCUT2D eigenvalue weighted by atomic mass is 32.1. The summed E-state index contributed by atoms with van der Waals surface area (Å²) < 4.78 is 5.76. The van der Waals surface area contributed by atoms with Gasteiger partial charge in [-0.15, -0.1) is 11.3 Å². The van der Waals surface area contributed by atoms with Gasteiger partial charge >= 0.3 is 0 Å². The Hall–Kier alpha value is -2.17. The predicted molar refractivity (Wildman–Crippen MR) is 111 cm³/mol. The number of aryl methyl sites for hydroxylation is 2. The van der Waals surface area contributed by atoms with Crippen molar-refractivity contribution in [3.63, 3.8) is 0 Å². The first-order valence-corrected chi connectivity index (χ1v) is 10.5. The van der Waals surface area contributed by atoms with Crippen molar-refractivity contribution in [2.75, 3.05) is 7.11 Å². The summed E-state index contributed by atoms with van der Waals surface area (Å²) >= 11 is 1.82. The van der Waals surface area contributed by atoms with Crippen LogP contribution in [-0.2, 0) is 32.5 Å². The van der Waals surface area contributed by atoms with Crippen LogP contribution in [0.25, 0.3) is 0 Å². The number of hydrogen-bond donors (Lipinski definition) is 0. The van der Waals surface area contributed by atoms with Crippen LogP contribution in [0.1, 0.15) is 40.0 Å². The van der Waals surface area contributed by atoms with E-state index in [4.69, 9.17) is 4.74 Å². The second-order valence-electron chi connectivity index (χ2n) is 7.23. The number of benzene rings is 1. The van der Waals surface area contributed by atoms with Crippen molar-refractivity contribution < 1.29 is 4.74 Å².